The van der Waals surface area contributed by atoms with Gasteiger partial charge in [-0.3, -0.25) is 0 Å². The zero-order valence-corrected chi connectivity index (χ0v) is 22.5. The zero-order valence-electron chi connectivity index (χ0n) is 22.5. The summed E-state index contributed by atoms with van der Waals surface area (Å²) in [7, 11) is 1.44. The van der Waals surface area contributed by atoms with Gasteiger partial charge in [0.2, 0.25) is 0 Å². The van der Waals surface area contributed by atoms with Gasteiger partial charge in [-0.15, -0.1) is 0 Å². The number of halogens is 3. The lowest BCUT2D eigenvalue weighted by Crippen LogP contribution is -2.39. The maximum Gasteiger partial charge on any atom is 0.412 e. The molecule has 13 heteroatoms. The number of carbonyl (C=O) groups excluding carboxylic acids is 1. The Bertz CT molecular complexity index is 1180. The molecule has 0 unspecified atom stereocenters. The fraction of sp³-hybridized carbons (Fsp3) is 0.692. The predicted molar refractivity (Wildman–Crippen MR) is 138 cm³/mol. The number of carbonyl (C=O) groups is 1. The van der Waals surface area contributed by atoms with Crippen molar-refractivity contribution >= 4 is 17.8 Å². The number of fused-ring (bicyclic) bond motifs is 1. The molecule has 4 rings (SSSR count). The van der Waals surface area contributed by atoms with Crippen molar-refractivity contribution in [3.05, 3.63) is 29.7 Å². The molecule has 1 saturated carbocycles. The molecule has 1 amide bonds. The third-order valence-electron chi connectivity index (χ3n) is 7.66. The Labute approximate surface area is 225 Å². The molecule has 0 saturated heterocycles. The molecule has 0 radical (unpaired) electrons. The number of primary amides is 1. The van der Waals surface area contributed by atoms with E-state index in [2.05, 4.69) is 10.1 Å². The first-order valence-corrected chi connectivity index (χ1v) is 13.3. The Hall–Kier alpha value is -3.09. The molecule has 1 fully saturated rings. The molecule has 1 aliphatic carbocycles. The molecule has 216 valence electrons. The number of hydrogen-bond acceptors (Lipinski definition) is 7. The normalized spacial score (nSPS) is 21.0. The van der Waals surface area contributed by atoms with Crippen LogP contribution in [0.2, 0.25) is 0 Å². The van der Waals surface area contributed by atoms with Gasteiger partial charge in [-0.05, 0) is 45.1 Å². The largest absolute Gasteiger partial charge is 0.481 e. The summed E-state index contributed by atoms with van der Waals surface area (Å²) in [5.74, 6) is 0.325. The van der Waals surface area contributed by atoms with Gasteiger partial charge in [0.1, 0.15) is 5.60 Å². The molecule has 0 aromatic carbocycles. The van der Waals surface area contributed by atoms with Crippen molar-refractivity contribution in [3.8, 4) is 0 Å². The highest BCUT2D eigenvalue weighted by molar-refractivity contribution is 5.74. The van der Waals surface area contributed by atoms with Crippen molar-refractivity contribution in [2.45, 2.75) is 88.6 Å². The lowest BCUT2D eigenvalue weighted by molar-refractivity contribution is -0.146. The average molecular weight is 555 g/mol. The minimum Gasteiger partial charge on any atom is -0.481 e. The van der Waals surface area contributed by atoms with Crippen LogP contribution >= 0.6 is 0 Å². The van der Waals surface area contributed by atoms with E-state index in [0.29, 0.717) is 23.5 Å². The molecule has 0 bridgehead atoms. The van der Waals surface area contributed by atoms with Gasteiger partial charge in [0, 0.05) is 18.6 Å². The fourth-order valence-electron chi connectivity index (χ4n) is 5.83. The van der Waals surface area contributed by atoms with Gasteiger partial charge >= 0.3 is 12.3 Å². The van der Waals surface area contributed by atoms with E-state index in [1.54, 1.807) is 10.6 Å². The summed E-state index contributed by atoms with van der Waals surface area (Å²) in [5, 5.41) is 14.7. The average Bonchev–Trinajstić information content (AvgIpc) is 3.33. The Morgan fingerprint density at radius 3 is 2.51 bits per heavy atom. The van der Waals surface area contributed by atoms with Gasteiger partial charge in [-0.1, -0.05) is 25.7 Å². The fourth-order valence-corrected chi connectivity index (χ4v) is 5.83. The number of amides is 1. The number of hydrogen-bond donors (Lipinski definition) is 2. The quantitative estimate of drug-likeness (QED) is 0.422. The van der Waals surface area contributed by atoms with Gasteiger partial charge < -0.3 is 25.2 Å². The van der Waals surface area contributed by atoms with Crippen LogP contribution in [0.3, 0.4) is 0 Å². The third-order valence-corrected chi connectivity index (χ3v) is 7.66. The summed E-state index contributed by atoms with van der Waals surface area (Å²) in [5.41, 5.74) is 6.38. The molecule has 3 N–H and O–H groups in total. The van der Waals surface area contributed by atoms with E-state index >= 15 is 0 Å². The number of ether oxygens (including phenoxy) is 2. The van der Waals surface area contributed by atoms with Crippen molar-refractivity contribution in [3.63, 3.8) is 0 Å². The Balaban J connectivity index is 1.65. The van der Waals surface area contributed by atoms with Crippen LogP contribution in [0, 0.1) is 5.92 Å². The van der Waals surface area contributed by atoms with Crippen molar-refractivity contribution < 1.29 is 32.5 Å². The standard InChI is InChI=1S/C26H37F3N6O4/c1-25(2,39-23(30)36)11-18(16-8-6-4-5-7-9-16)19-13-35-22(32-19)10-17(12-31-35)20(15-38-3)34-14-21(26(27,28)29)33-24(34)37/h10,12-13,16,18,20-21H,4-9,11,14-15H2,1-3H3,(H2,30,36)(H,33,37)/t18-,20+,21-/m0/s1. The third kappa shape index (κ3) is 6.92. The first kappa shape index (κ1) is 28.9. The number of aliphatic hydroxyl groups excluding tert-OH is 1. The van der Waals surface area contributed by atoms with E-state index < -0.39 is 42.5 Å². The molecule has 0 spiro atoms. The van der Waals surface area contributed by atoms with Crippen LogP contribution in [0.25, 0.3) is 5.65 Å². The summed E-state index contributed by atoms with van der Waals surface area (Å²) < 4.78 is 52.2. The van der Waals surface area contributed by atoms with Crippen molar-refractivity contribution in [1.82, 2.24) is 19.5 Å². The smallest absolute Gasteiger partial charge is 0.412 e. The second kappa shape index (κ2) is 11.6. The molecule has 1 aliphatic heterocycles. The molecular formula is C26H37F3N6O4. The summed E-state index contributed by atoms with van der Waals surface area (Å²) in [6.45, 7) is 3.16. The highest BCUT2D eigenvalue weighted by atomic mass is 19.4. The van der Waals surface area contributed by atoms with Crippen molar-refractivity contribution in [2.24, 2.45) is 16.6 Å². The highest BCUT2D eigenvalue weighted by Crippen LogP contribution is 2.41. The van der Waals surface area contributed by atoms with Gasteiger partial charge in [0.25, 0.3) is 6.02 Å². The molecule has 2 aromatic heterocycles. The van der Waals surface area contributed by atoms with E-state index in [1.165, 1.54) is 31.0 Å². The number of amidine groups is 1. The predicted octanol–water partition coefficient (Wildman–Crippen LogP) is 4.90. The monoisotopic (exact) mass is 554 g/mol. The first-order chi connectivity index (χ1) is 18.4. The highest BCUT2D eigenvalue weighted by Gasteiger charge is 2.47. The number of alkyl halides is 3. The molecule has 39 heavy (non-hydrogen) atoms. The summed E-state index contributed by atoms with van der Waals surface area (Å²) in [6.07, 6.45) is 5.20. The maximum atomic E-state index is 13.3. The van der Waals surface area contributed by atoms with E-state index in [9.17, 15) is 23.1 Å². The number of aromatic nitrogens is 3. The Morgan fingerprint density at radius 1 is 1.23 bits per heavy atom. The lowest BCUT2D eigenvalue weighted by atomic mass is 9.78. The van der Waals surface area contributed by atoms with Gasteiger partial charge in [0.05, 0.1) is 37.3 Å². The summed E-state index contributed by atoms with van der Waals surface area (Å²) >= 11 is 0. The second-order valence-corrected chi connectivity index (χ2v) is 11.1. The van der Waals surface area contributed by atoms with Crippen LogP contribution in [0.4, 0.5) is 18.0 Å². The molecule has 2 aromatic rings. The van der Waals surface area contributed by atoms with Gasteiger partial charge in [-0.25, -0.2) is 19.3 Å². The first-order valence-electron chi connectivity index (χ1n) is 13.3. The number of methoxy groups -OCH3 is 1. The molecular weight excluding hydrogens is 517 g/mol. The number of nitrogens with zero attached hydrogens (tertiary/aromatic N) is 5. The van der Waals surface area contributed by atoms with Crippen LogP contribution in [0.1, 0.15) is 82.0 Å². The number of aliphatic hydroxyl groups is 1. The summed E-state index contributed by atoms with van der Waals surface area (Å²) in [6, 6.07) is -1.71. The summed E-state index contributed by atoms with van der Waals surface area (Å²) in [4.78, 5) is 21.0. The zero-order chi connectivity index (χ0) is 28.4. The van der Waals surface area contributed by atoms with Gasteiger partial charge in [-0.2, -0.15) is 18.3 Å². The topological polar surface area (TPSA) is 128 Å². The van der Waals surface area contributed by atoms with Crippen LogP contribution in [-0.4, -0.2) is 74.8 Å². The maximum absolute atomic E-state index is 13.3. The molecule has 3 heterocycles. The lowest BCUT2D eigenvalue weighted by Gasteiger charge is -2.32. The van der Waals surface area contributed by atoms with Crippen LogP contribution in [0.5, 0.6) is 0 Å². The van der Waals surface area contributed by atoms with E-state index in [4.69, 9.17) is 20.2 Å². The SMILES string of the molecule is COC[C@H](c1cnn2cc([C@@H](CC(C)(C)OC(N)=O)C3CCCCCC3)nc2c1)N1C[C@@H](C(F)(F)F)N=C1O. The minimum absolute atomic E-state index is 0.0128. The Morgan fingerprint density at radius 2 is 1.92 bits per heavy atom. The van der Waals surface area contributed by atoms with Crippen LogP contribution in [0.15, 0.2) is 23.5 Å². The van der Waals surface area contributed by atoms with Crippen LogP contribution in [-0.2, 0) is 9.47 Å². The van der Waals surface area contributed by atoms with Crippen LogP contribution < -0.4 is 5.73 Å². The molecule has 3 atom stereocenters. The van der Waals surface area contributed by atoms with Gasteiger partial charge in [0.15, 0.2) is 11.7 Å². The number of rotatable bonds is 9. The van der Waals surface area contributed by atoms with E-state index in [1.807, 2.05) is 20.0 Å². The Kier molecular flexibility index (Phi) is 8.57. The number of nitrogens with two attached hydrogens (primary N) is 1. The van der Waals surface area contributed by atoms with E-state index in [0.717, 1.165) is 31.4 Å². The van der Waals surface area contributed by atoms with Crippen molar-refractivity contribution in [2.75, 3.05) is 20.3 Å². The number of aliphatic imine (C=N–C) groups is 1. The molecule has 2 aliphatic rings. The van der Waals surface area contributed by atoms with Crippen molar-refractivity contribution in [1.29, 1.82) is 0 Å². The minimum atomic E-state index is -4.57. The number of imidazole rings is 1. The second-order valence-electron chi connectivity index (χ2n) is 11.1. The molecule has 10 nitrogen and oxygen atoms in total. The van der Waals surface area contributed by atoms with E-state index in [-0.39, 0.29) is 12.5 Å².